The summed E-state index contributed by atoms with van der Waals surface area (Å²) in [4.78, 5) is 4.87. The summed E-state index contributed by atoms with van der Waals surface area (Å²) in [6, 6.07) is 9.79. The Morgan fingerprint density at radius 2 is 1.77 bits per heavy atom. The Morgan fingerprint density at radius 3 is 2.38 bits per heavy atom. The molecular formula is C19H22ClN3O2S. The molecule has 0 spiro atoms. The second-order valence-electron chi connectivity index (χ2n) is 6.44. The molecule has 0 aliphatic heterocycles. The van der Waals surface area contributed by atoms with E-state index >= 15 is 0 Å². The Balaban J connectivity index is 1.99. The highest BCUT2D eigenvalue weighted by Gasteiger charge is 2.23. The molecule has 3 aromatic rings. The van der Waals surface area contributed by atoms with Gasteiger partial charge in [-0.1, -0.05) is 11.6 Å². The molecule has 26 heavy (non-hydrogen) atoms. The van der Waals surface area contributed by atoms with Crippen molar-refractivity contribution in [3.63, 3.8) is 0 Å². The van der Waals surface area contributed by atoms with E-state index in [0.29, 0.717) is 17.4 Å². The van der Waals surface area contributed by atoms with Gasteiger partial charge in [0.2, 0.25) is 10.0 Å². The predicted octanol–water partition coefficient (Wildman–Crippen LogP) is 4.37. The lowest BCUT2D eigenvalue weighted by Gasteiger charge is -2.15. The smallest absolute Gasteiger partial charge is 0.241 e. The summed E-state index contributed by atoms with van der Waals surface area (Å²) in [6.07, 6.45) is 0. The average Bonchev–Trinajstić information content (AvgIpc) is 2.93. The maximum atomic E-state index is 12.7. The molecule has 3 rings (SSSR count). The molecule has 0 aliphatic rings. The van der Waals surface area contributed by atoms with Crippen molar-refractivity contribution in [3.05, 3.63) is 58.4 Å². The molecule has 0 aliphatic carbocycles. The number of aryl methyl sites for hydroxylation is 3. The van der Waals surface area contributed by atoms with Gasteiger partial charge in [0, 0.05) is 11.6 Å². The van der Waals surface area contributed by atoms with E-state index in [4.69, 9.17) is 16.6 Å². The standard InChI is InChI=1S/C19H22ClN3O2S/c1-5-23-18-11-13(3)12(2)10-17(18)21-19(23)14(4)22-26(24,25)16-8-6-15(20)7-9-16/h6-11,14,22H,5H2,1-4H3. The number of sulfonamides is 1. The van der Waals surface area contributed by atoms with Crippen LogP contribution in [0.3, 0.4) is 0 Å². The van der Waals surface area contributed by atoms with E-state index in [1.54, 1.807) is 19.1 Å². The van der Waals surface area contributed by atoms with Gasteiger partial charge >= 0.3 is 0 Å². The van der Waals surface area contributed by atoms with Gasteiger partial charge in [-0.15, -0.1) is 0 Å². The van der Waals surface area contributed by atoms with Crippen LogP contribution in [0.25, 0.3) is 11.0 Å². The molecule has 1 atom stereocenters. The number of imidazole rings is 1. The van der Waals surface area contributed by atoms with Gasteiger partial charge in [-0.05, 0) is 75.2 Å². The zero-order chi connectivity index (χ0) is 19.1. The zero-order valence-electron chi connectivity index (χ0n) is 15.2. The molecule has 0 saturated heterocycles. The molecule has 0 radical (unpaired) electrons. The number of nitrogens with zero attached hydrogens (tertiary/aromatic N) is 2. The number of rotatable bonds is 5. The van der Waals surface area contributed by atoms with Crippen LogP contribution >= 0.6 is 11.6 Å². The van der Waals surface area contributed by atoms with Crippen molar-refractivity contribution in [1.82, 2.24) is 14.3 Å². The number of fused-ring (bicyclic) bond motifs is 1. The van der Waals surface area contributed by atoms with Crippen molar-refractivity contribution >= 4 is 32.7 Å². The van der Waals surface area contributed by atoms with Crippen LogP contribution in [0.2, 0.25) is 5.02 Å². The molecule has 0 amide bonds. The van der Waals surface area contributed by atoms with Crippen molar-refractivity contribution in [1.29, 1.82) is 0 Å². The average molecular weight is 392 g/mol. The Bertz CT molecular complexity index is 1060. The molecule has 1 heterocycles. The molecular weight excluding hydrogens is 370 g/mol. The Labute approximate surface area is 159 Å². The summed E-state index contributed by atoms with van der Waals surface area (Å²) in [7, 11) is -3.67. The van der Waals surface area contributed by atoms with E-state index in [0.717, 1.165) is 11.0 Å². The van der Waals surface area contributed by atoms with Gasteiger partial charge < -0.3 is 4.57 Å². The molecule has 138 valence electrons. The SMILES string of the molecule is CCn1c(C(C)NS(=O)(=O)c2ccc(Cl)cc2)nc2cc(C)c(C)cc21. The third-order valence-electron chi connectivity index (χ3n) is 4.55. The van der Waals surface area contributed by atoms with Gasteiger partial charge in [-0.25, -0.2) is 18.1 Å². The summed E-state index contributed by atoms with van der Waals surface area (Å²) in [5, 5.41) is 0.496. The maximum absolute atomic E-state index is 12.7. The van der Waals surface area contributed by atoms with Gasteiger partial charge in [-0.2, -0.15) is 0 Å². The monoisotopic (exact) mass is 391 g/mol. The van der Waals surface area contributed by atoms with Crippen molar-refractivity contribution in [3.8, 4) is 0 Å². The quantitative estimate of drug-likeness (QED) is 0.702. The summed E-state index contributed by atoms with van der Waals surface area (Å²) in [6.45, 7) is 8.66. The molecule has 0 fully saturated rings. The lowest BCUT2D eigenvalue weighted by atomic mass is 10.1. The lowest BCUT2D eigenvalue weighted by Crippen LogP contribution is -2.28. The summed E-state index contributed by atoms with van der Waals surface area (Å²) in [5.41, 5.74) is 4.25. The normalized spacial score (nSPS) is 13.3. The van der Waals surface area contributed by atoms with Crippen LogP contribution in [0.4, 0.5) is 0 Å². The minimum atomic E-state index is -3.67. The molecule has 0 bridgehead atoms. The molecule has 2 aromatic carbocycles. The van der Waals surface area contributed by atoms with Crippen molar-refractivity contribution in [2.24, 2.45) is 0 Å². The number of nitrogens with one attached hydrogen (secondary N) is 1. The fourth-order valence-corrected chi connectivity index (χ4v) is 4.36. The second-order valence-corrected chi connectivity index (χ2v) is 8.59. The third-order valence-corrected chi connectivity index (χ3v) is 6.36. The number of halogens is 1. The molecule has 7 heteroatoms. The van der Waals surface area contributed by atoms with E-state index < -0.39 is 16.1 Å². The number of hydrogen-bond acceptors (Lipinski definition) is 3. The van der Waals surface area contributed by atoms with Crippen LogP contribution in [-0.4, -0.2) is 18.0 Å². The van der Waals surface area contributed by atoms with Crippen molar-refractivity contribution in [2.75, 3.05) is 0 Å². The number of hydrogen-bond donors (Lipinski definition) is 1. The van der Waals surface area contributed by atoms with Gasteiger partial charge in [0.15, 0.2) is 0 Å². The van der Waals surface area contributed by atoms with Crippen LogP contribution in [0.5, 0.6) is 0 Å². The number of aromatic nitrogens is 2. The van der Waals surface area contributed by atoms with E-state index in [2.05, 4.69) is 22.3 Å². The van der Waals surface area contributed by atoms with Crippen LogP contribution in [0, 0.1) is 13.8 Å². The van der Waals surface area contributed by atoms with Gasteiger partial charge in [0.25, 0.3) is 0 Å². The van der Waals surface area contributed by atoms with Gasteiger partial charge in [0.1, 0.15) is 5.82 Å². The Kier molecular flexibility index (Phi) is 5.10. The first-order valence-electron chi connectivity index (χ1n) is 8.48. The Hall–Kier alpha value is -1.89. The van der Waals surface area contributed by atoms with Gasteiger partial charge in [-0.3, -0.25) is 0 Å². The minimum Gasteiger partial charge on any atom is -0.327 e. The van der Waals surface area contributed by atoms with Crippen molar-refractivity contribution in [2.45, 2.75) is 45.2 Å². The fraction of sp³-hybridized carbons (Fsp3) is 0.316. The second kappa shape index (κ2) is 7.02. The summed E-state index contributed by atoms with van der Waals surface area (Å²) in [5.74, 6) is 0.699. The highest BCUT2D eigenvalue weighted by atomic mass is 35.5. The highest BCUT2D eigenvalue weighted by molar-refractivity contribution is 7.89. The molecule has 5 nitrogen and oxygen atoms in total. The van der Waals surface area contributed by atoms with E-state index in [9.17, 15) is 8.42 Å². The molecule has 1 unspecified atom stereocenters. The van der Waals surface area contributed by atoms with Crippen molar-refractivity contribution < 1.29 is 8.42 Å². The van der Waals surface area contributed by atoms with Crippen LogP contribution in [0.15, 0.2) is 41.3 Å². The maximum Gasteiger partial charge on any atom is 0.241 e. The largest absolute Gasteiger partial charge is 0.327 e. The first-order valence-corrected chi connectivity index (χ1v) is 10.3. The van der Waals surface area contributed by atoms with E-state index in [-0.39, 0.29) is 4.90 Å². The van der Waals surface area contributed by atoms with E-state index in [1.165, 1.54) is 23.3 Å². The number of benzene rings is 2. The minimum absolute atomic E-state index is 0.180. The molecule has 1 aromatic heterocycles. The van der Waals surface area contributed by atoms with Crippen LogP contribution in [0.1, 0.15) is 36.8 Å². The zero-order valence-corrected chi connectivity index (χ0v) is 16.8. The van der Waals surface area contributed by atoms with E-state index in [1.807, 2.05) is 19.9 Å². The Morgan fingerprint density at radius 1 is 1.15 bits per heavy atom. The summed E-state index contributed by atoms with van der Waals surface area (Å²) >= 11 is 5.85. The topological polar surface area (TPSA) is 64.0 Å². The first kappa shape index (κ1) is 18.9. The summed E-state index contributed by atoms with van der Waals surface area (Å²) < 4.78 is 30.1. The highest BCUT2D eigenvalue weighted by Crippen LogP contribution is 2.25. The van der Waals surface area contributed by atoms with Crippen LogP contribution < -0.4 is 4.72 Å². The van der Waals surface area contributed by atoms with Crippen LogP contribution in [-0.2, 0) is 16.6 Å². The fourth-order valence-electron chi connectivity index (χ4n) is 3.03. The lowest BCUT2D eigenvalue weighted by molar-refractivity contribution is 0.549. The van der Waals surface area contributed by atoms with Gasteiger partial charge in [0.05, 0.1) is 22.0 Å². The molecule has 1 N–H and O–H groups in total. The molecule has 0 saturated carbocycles. The third kappa shape index (κ3) is 3.49. The first-order chi connectivity index (χ1) is 12.2. The predicted molar refractivity (Wildman–Crippen MR) is 105 cm³/mol.